The highest BCUT2D eigenvalue weighted by molar-refractivity contribution is 5.85. The Kier molecular flexibility index (Phi) is 10.1. The minimum atomic E-state index is 0. The van der Waals surface area contributed by atoms with Crippen molar-refractivity contribution in [3.05, 3.63) is 35.9 Å². The van der Waals surface area contributed by atoms with Crippen LogP contribution in [0, 0.1) is 0 Å². The summed E-state index contributed by atoms with van der Waals surface area (Å²) in [6.07, 6.45) is 1.24. The van der Waals surface area contributed by atoms with E-state index in [2.05, 4.69) is 0 Å². The molecule has 20 heavy (non-hydrogen) atoms. The van der Waals surface area contributed by atoms with E-state index in [-0.39, 0.29) is 24.4 Å². The highest BCUT2D eigenvalue weighted by Gasteiger charge is 2.09. The van der Waals surface area contributed by atoms with Gasteiger partial charge >= 0.3 is 0 Å². The first kappa shape index (κ1) is 18.9. The molecule has 0 spiro atoms. The number of benzene rings is 1. The fourth-order valence-electron chi connectivity index (χ4n) is 1.63. The van der Waals surface area contributed by atoms with Crippen LogP contribution < -0.4 is 5.73 Å². The Labute approximate surface area is 127 Å². The van der Waals surface area contributed by atoms with Gasteiger partial charge in [-0.25, -0.2) is 0 Å². The molecular formula is C15H25ClN2O2. The maximum atomic E-state index is 11.7. The molecule has 0 aliphatic rings. The van der Waals surface area contributed by atoms with Crippen LogP contribution in [-0.2, 0) is 16.1 Å². The minimum absolute atomic E-state index is 0. The van der Waals surface area contributed by atoms with Crippen LogP contribution in [0.1, 0.15) is 25.3 Å². The molecule has 5 heteroatoms. The SMILES string of the molecule is CC(N)CCC(=O)N(C)CCOCc1ccccc1.Cl. The van der Waals surface area contributed by atoms with Gasteiger partial charge in [-0.2, -0.15) is 0 Å². The van der Waals surface area contributed by atoms with Crippen molar-refractivity contribution in [2.45, 2.75) is 32.4 Å². The zero-order valence-electron chi connectivity index (χ0n) is 12.2. The Morgan fingerprint density at radius 2 is 2.00 bits per heavy atom. The van der Waals surface area contributed by atoms with Crippen molar-refractivity contribution < 1.29 is 9.53 Å². The maximum Gasteiger partial charge on any atom is 0.222 e. The predicted octanol–water partition coefficient (Wildman–Crippen LogP) is 2.21. The number of nitrogens with two attached hydrogens (primary N) is 1. The number of carbonyl (C=O) groups excluding carboxylic acids is 1. The molecule has 1 aromatic carbocycles. The second kappa shape index (κ2) is 10.7. The largest absolute Gasteiger partial charge is 0.375 e. The third-order valence-electron chi connectivity index (χ3n) is 2.92. The molecule has 0 aromatic heterocycles. The van der Waals surface area contributed by atoms with E-state index in [4.69, 9.17) is 10.5 Å². The zero-order valence-corrected chi connectivity index (χ0v) is 13.1. The molecule has 0 aliphatic heterocycles. The molecule has 2 N–H and O–H groups in total. The smallest absolute Gasteiger partial charge is 0.222 e. The summed E-state index contributed by atoms with van der Waals surface area (Å²) < 4.78 is 5.55. The number of rotatable bonds is 8. The first-order valence-electron chi connectivity index (χ1n) is 6.71. The Hall–Kier alpha value is -1.10. The fraction of sp³-hybridized carbons (Fsp3) is 0.533. The van der Waals surface area contributed by atoms with Crippen LogP contribution in [0.2, 0.25) is 0 Å². The van der Waals surface area contributed by atoms with Crippen LogP contribution in [0.4, 0.5) is 0 Å². The van der Waals surface area contributed by atoms with Crippen molar-refractivity contribution in [2.75, 3.05) is 20.2 Å². The third-order valence-corrected chi connectivity index (χ3v) is 2.92. The van der Waals surface area contributed by atoms with Gasteiger partial charge in [0.1, 0.15) is 0 Å². The van der Waals surface area contributed by atoms with Gasteiger partial charge in [0.2, 0.25) is 5.91 Å². The molecule has 0 saturated heterocycles. The fourth-order valence-corrected chi connectivity index (χ4v) is 1.63. The van der Waals surface area contributed by atoms with Crippen molar-refractivity contribution >= 4 is 18.3 Å². The Morgan fingerprint density at radius 1 is 1.35 bits per heavy atom. The van der Waals surface area contributed by atoms with Crippen LogP contribution >= 0.6 is 12.4 Å². The number of amides is 1. The van der Waals surface area contributed by atoms with Crippen LogP contribution in [0.5, 0.6) is 0 Å². The zero-order chi connectivity index (χ0) is 14.1. The average molecular weight is 301 g/mol. The summed E-state index contributed by atoms with van der Waals surface area (Å²) >= 11 is 0. The molecule has 0 radical (unpaired) electrons. The molecule has 0 bridgehead atoms. The lowest BCUT2D eigenvalue weighted by Gasteiger charge is -2.17. The van der Waals surface area contributed by atoms with Gasteiger partial charge in [0, 0.05) is 26.1 Å². The highest BCUT2D eigenvalue weighted by atomic mass is 35.5. The molecule has 1 atom stereocenters. The topological polar surface area (TPSA) is 55.6 Å². The summed E-state index contributed by atoms with van der Waals surface area (Å²) in [5.41, 5.74) is 6.78. The number of halogens is 1. The molecule has 0 saturated carbocycles. The van der Waals surface area contributed by atoms with Crippen LogP contribution in [0.25, 0.3) is 0 Å². The Balaban J connectivity index is 0.00000361. The summed E-state index contributed by atoms with van der Waals surface area (Å²) in [6, 6.07) is 10.1. The van der Waals surface area contributed by atoms with E-state index in [0.717, 1.165) is 12.0 Å². The number of nitrogens with zero attached hydrogens (tertiary/aromatic N) is 1. The number of ether oxygens (including phenoxy) is 1. The van der Waals surface area contributed by atoms with E-state index in [1.807, 2.05) is 37.3 Å². The van der Waals surface area contributed by atoms with E-state index in [0.29, 0.717) is 26.2 Å². The highest BCUT2D eigenvalue weighted by Crippen LogP contribution is 2.01. The standard InChI is InChI=1S/C15H24N2O2.ClH/c1-13(16)8-9-15(18)17(2)10-11-19-12-14-6-4-3-5-7-14;/h3-7,13H,8-12,16H2,1-2H3;1H. The number of carbonyl (C=O) groups is 1. The number of hydrogen-bond donors (Lipinski definition) is 1. The minimum Gasteiger partial charge on any atom is -0.375 e. The van der Waals surface area contributed by atoms with E-state index >= 15 is 0 Å². The molecule has 0 fully saturated rings. The number of likely N-dealkylation sites (N-methyl/N-ethyl adjacent to an activating group) is 1. The van der Waals surface area contributed by atoms with E-state index in [1.165, 1.54) is 0 Å². The van der Waals surface area contributed by atoms with Crippen molar-refractivity contribution in [1.29, 1.82) is 0 Å². The van der Waals surface area contributed by atoms with Gasteiger partial charge in [-0.15, -0.1) is 12.4 Å². The molecule has 0 heterocycles. The first-order chi connectivity index (χ1) is 9.09. The van der Waals surface area contributed by atoms with E-state index < -0.39 is 0 Å². The summed E-state index contributed by atoms with van der Waals surface area (Å²) in [4.78, 5) is 13.4. The predicted molar refractivity (Wildman–Crippen MR) is 83.9 cm³/mol. The second-order valence-electron chi connectivity index (χ2n) is 4.87. The lowest BCUT2D eigenvalue weighted by atomic mass is 10.2. The van der Waals surface area contributed by atoms with Crippen molar-refractivity contribution in [3.8, 4) is 0 Å². The molecular weight excluding hydrogens is 276 g/mol. The van der Waals surface area contributed by atoms with Crippen LogP contribution in [0.15, 0.2) is 30.3 Å². The molecule has 1 amide bonds. The van der Waals surface area contributed by atoms with E-state index in [1.54, 1.807) is 11.9 Å². The van der Waals surface area contributed by atoms with Gasteiger partial charge in [0.25, 0.3) is 0 Å². The lowest BCUT2D eigenvalue weighted by molar-refractivity contribution is -0.130. The summed E-state index contributed by atoms with van der Waals surface area (Å²) in [7, 11) is 1.80. The molecule has 114 valence electrons. The van der Waals surface area contributed by atoms with Crippen LogP contribution in [-0.4, -0.2) is 37.0 Å². The van der Waals surface area contributed by atoms with Gasteiger partial charge < -0.3 is 15.4 Å². The Morgan fingerprint density at radius 3 is 2.60 bits per heavy atom. The van der Waals surface area contributed by atoms with Gasteiger partial charge in [0.05, 0.1) is 13.2 Å². The molecule has 1 unspecified atom stereocenters. The molecule has 0 aliphatic carbocycles. The van der Waals surface area contributed by atoms with Crippen molar-refractivity contribution in [2.24, 2.45) is 5.73 Å². The summed E-state index contributed by atoms with van der Waals surface area (Å²) in [5, 5.41) is 0. The molecule has 4 nitrogen and oxygen atoms in total. The van der Waals surface area contributed by atoms with Gasteiger partial charge in [0.15, 0.2) is 0 Å². The summed E-state index contributed by atoms with van der Waals surface area (Å²) in [5.74, 6) is 0.126. The Bertz CT molecular complexity index is 371. The number of hydrogen-bond acceptors (Lipinski definition) is 3. The van der Waals surface area contributed by atoms with Crippen molar-refractivity contribution in [1.82, 2.24) is 4.90 Å². The van der Waals surface area contributed by atoms with Gasteiger partial charge in [-0.3, -0.25) is 4.79 Å². The van der Waals surface area contributed by atoms with E-state index in [9.17, 15) is 4.79 Å². The first-order valence-corrected chi connectivity index (χ1v) is 6.71. The second-order valence-corrected chi connectivity index (χ2v) is 4.87. The van der Waals surface area contributed by atoms with Gasteiger partial charge in [-0.05, 0) is 18.9 Å². The third kappa shape index (κ3) is 8.15. The lowest BCUT2D eigenvalue weighted by Crippen LogP contribution is -2.31. The normalized spacial score (nSPS) is 11.6. The molecule has 1 aromatic rings. The van der Waals surface area contributed by atoms with Crippen molar-refractivity contribution in [3.63, 3.8) is 0 Å². The summed E-state index contributed by atoms with van der Waals surface area (Å²) in [6.45, 7) is 3.67. The van der Waals surface area contributed by atoms with Gasteiger partial charge in [-0.1, -0.05) is 30.3 Å². The monoisotopic (exact) mass is 300 g/mol. The average Bonchev–Trinajstić information content (AvgIpc) is 2.41. The molecule has 1 rings (SSSR count). The van der Waals surface area contributed by atoms with Crippen LogP contribution in [0.3, 0.4) is 0 Å². The quantitative estimate of drug-likeness (QED) is 0.749. The maximum absolute atomic E-state index is 11.7.